The predicted octanol–water partition coefficient (Wildman–Crippen LogP) is 5.30. The van der Waals surface area contributed by atoms with E-state index in [1.807, 2.05) is 87.7 Å². The highest BCUT2D eigenvalue weighted by Gasteiger charge is 2.33. The molecule has 0 fully saturated rings. The number of fused-ring (bicyclic) bond motifs is 1. The molecule has 0 unspecified atom stereocenters. The van der Waals surface area contributed by atoms with E-state index in [0.29, 0.717) is 17.5 Å². The second kappa shape index (κ2) is 10.4. The predicted molar refractivity (Wildman–Crippen MR) is 138 cm³/mol. The number of nitrogens with zero attached hydrogens (tertiary/aromatic N) is 2. The van der Waals surface area contributed by atoms with Crippen LogP contribution in [0.3, 0.4) is 0 Å². The number of rotatable bonds is 8. The zero-order valence-electron chi connectivity index (χ0n) is 19.6. The van der Waals surface area contributed by atoms with Crippen LogP contribution in [-0.4, -0.2) is 36.4 Å². The molecular formula is C28H29N3O3. The number of para-hydroxylation sites is 2. The highest BCUT2D eigenvalue weighted by atomic mass is 16.4. The van der Waals surface area contributed by atoms with Crippen molar-refractivity contribution in [3.63, 3.8) is 0 Å². The van der Waals surface area contributed by atoms with E-state index < -0.39 is 11.5 Å². The van der Waals surface area contributed by atoms with Gasteiger partial charge in [-0.15, -0.1) is 0 Å². The summed E-state index contributed by atoms with van der Waals surface area (Å²) < 4.78 is 5.66. The third-order valence-corrected chi connectivity index (χ3v) is 5.93. The van der Waals surface area contributed by atoms with Gasteiger partial charge in [0.25, 0.3) is 0 Å². The maximum atomic E-state index is 13.3. The van der Waals surface area contributed by atoms with Crippen LogP contribution in [0.2, 0.25) is 0 Å². The summed E-state index contributed by atoms with van der Waals surface area (Å²) in [6.07, 6.45) is 0. The van der Waals surface area contributed by atoms with Gasteiger partial charge in [0.2, 0.25) is 0 Å². The number of aromatic hydroxyl groups is 1. The molecule has 0 aliphatic heterocycles. The minimum Gasteiger partial charge on any atom is -0.507 e. The Labute approximate surface area is 199 Å². The molecule has 0 amide bonds. The maximum absolute atomic E-state index is 13.3. The van der Waals surface area contributed by atoms with E-state index in [9.17, 15) is 9.90 Å². The van der Waals surface area contributed by atoms with Crippen LogP contribution in [0.5, 0.6) is 5.75 Å². The van der Waals surface area contributed by atoms with Crippen LogP contribution >= 0.6 is 0 Å². The van der Waals surface area contributed by atoms with Crippen molar-refractivity contribution in [2.24, 2.45) is 11.0 Å². The van der Waals surface area contributed by atoms with Crippen molar-refractivity contribution in [3.8, 4) is 5.75 Å². The van der Waals surface area contributed by atoms with Gasteiger partial charge in [0.05, 0.1) is 16.6 Å². The highest BCUT2D eigenvalue weighted by Crippen LogP contribution is 2.39. The number of nitrogens with one attached hydrogen (secondary N) is 1. The first-order valence-corrected chi connectivity index (χ1v) is 11.3. The van der Waals surface area contributed by atoms with Crippen molar-refractivity contribution >= 4 is 22.4 Å². The van der Waals surface area contributed by atoms with Crippen LogP contribution in [0.25, 0.3) is 11.0 Å². The molecule has 3 aromatic carbocycles. The van der Waals surface area contributed by atoms with E-state index >= 15 is 0 Å². The van der Waals surface area contributed by atoms with E-state index in [4.69, 9.17) is 4.42 Å². The third kappa shape index (κ3) is 5.02. The molecular weight excluding hydrogens is 426 g/mol. The first kappa shape index (κ1) is 23.3. The van der Waals surface area contributed by atoms with Gasteiger partial charge in [0.15, 0.2) is 0 Å². The van der Waals surface area contributed by atoms with Gasteiger partial charge in [0, 0.05) is 24.1 Å². The number of benzene rings is 3. The Kier molecular flexibility index (Phi) is 7.09. The average molecular weight is 456 g/mol. The molecule has 6 nitrogen and oxygen atoms in total. The zero-order chi connectivity index (χ0) is 24.1. The molecule has 0 bridgehead atoms. The summed E-state index contributed by atoms with van der Waals surface area (Å²) in [6, 6.07) is 26.5. The van der Waals surface area contributed by atoms with Crippen molar-refractivity contribution in [1.29, 1.82) is 0 Å². The van der Waals surface area contributed by atoms with Crippen molar-refractivity contribution in [3.05, 3.63) is 106 Å². The fraction of sp³-hybridized carbons (Fsp3) is 0.214. The molecule has 0 radical (unpaired) electrons. The van der Waals surface area contributed by atoms with Crippen LogP contribution in [0.4, 0.5) is 5.69 Å². The lowest BCUT2D eigenvalue weighted by molar-refractivity contribution is 0.346. The van der Waals surface area contributed by atoms with Gasteiger partial charge in [-0.3, -0.25) is 5.43 Å². The van der Waals surface area contributed by atoms with Gasteiger partial charge in [-0.25, -0.2) is 4.79 Å². The van der Waals surface area contributed by atoms with E-state index in [2.05, 4.69) is 15.4 Å². The van der Waals surface area contributed by atoms with Crippen LogP contribution in [-0.2, 0) is 0 Å². The molecule has 0 aliphatic rings. The maximum Gasteiger partial charge on any atom is 0.343 e. The Bertz CT molecular complexity index is 1330. The second-order valence-corrected chi connectivity index (χ2v) is 8.64. The molecule has 174 valence electrons. The molecule has 0 aliphatic carbocycles. The number of hydrazone groups is 1. The lowest BCUT2D eigenvalue weighted by Gasteiger charge is -2.30. The van der Waals surface area contributed by atoms with E-state index in [-0.39, 0.29) is 17.2 Å². The number of anilines is 1. The highest BCUT2D eigenvalue weighted by molar-refractivity contribution is 5.88. The Hall–Kier alpha value is -3.90. The zero-order valence-corrected chi connectivity index (χ0v) is 19.6. The Morgan fingerprint density at radius 2 is 1.59 bits per heavy atom. The minimum absolute atomic E-state index is 0.0479. The average Bonchev–Trinajstić information content (AvgIpc) is 2.85. The topological polar surface area (TPSA) is 78.1 Å². The molecule has 4 aromatic rings. The van der Waals surface area contributed by atoms with Crippen LogP contribution in [0.15, 0.2) is 99.2 Å². The summed E-state index contributed by atoms with van der Waals surface area (Å²) >= 11 is 0. The van der Waals surface area contributed by atoms with E-state index in [1.54, 1.807) is 18.2 Å². The monoisotopic (exact) mass is 455 g/mol. The van der Waals surface area contributed by atoms with Gasteiger partial charge in [-0.1, -0.05) is 60.7 Å². The van der Waals surface area contributed by atoms with E-state index in [0.717, 1.165) is 17.0 Å². The van der Waals surface area contributed by atoms with Gasteiger partial charge in [-0.05, 0) is 50.8 Å². The summed E-state index contributed by atoms with van der Waals surface area (Å²) in [5.41, 5.74) is 5.76. The van der Waals surface area contributed by atoms with E-state index in [1.165, 1.54) is 0 Å². The Morgan fingerprint density at radius 1 is 0.971 bits per heavy atom. The van der Waals surface area contributed by atoms with Gasteiger partial charge < -0.3 is 14.4 Å². The van der Waals surface area contributed by atoms with Crippen molar-refractivity contribution in [2.75, 3.05) is 26.1 Å². The molecule has 1 aromatic heterocycles. The lowest BCUT2D eigenvalue weighted by Crippen LogP contribution is -2.34. The summed E-state index contributed by atoms with van der Waals surface area (Å²) in [5, 5.41) is 16.5. The molecule has 4 rings (SSSR count). The van der Waals surface area contributed by atoms with Crippen molar-refractivity contribution in [2.45, 2.75) is 12.8 Å². The molecule has 2 atom stereocenters. The molecule has 6 heteroatoms. The first-order valence-electron chi connectivity index (χ1n) is 11.3. The summed E-state index contributed by atoms with van der Waals surface area (Å²) in [5.74, 6) is -0.734. The number of hydrogen-bond donors (Lipinski definition) is 2. The van der Waals surface area contributed by atoms with Gasteiger partial charge >= 0.3 is 5.63 Å². The van der Waals surface area contributed by atoms with Crippen molar-refractivity contribution in [1.82, 2.24) is 4.90 Å². The standard InChI is InChI=1S/C28H29N3O3/c1-19(29-30-21-14-8-5-9-15-21)23(18-31(2)3)25(20-12-6-4-7-13-20)26-27(32)22-16-10-11-17-24(22)34-28(26)33/h4-17,23,25,30,32H,18H2,1-3H3/b29-19-/t23-,25-/m1/s1. The largest absolute Gasteiger partial charge is 0.507 e. The smallest absolute Gasteiger partial charge is 0.343 e. The Morgan fingerprint density at radius 3 is 2.26 bits per heavy atom. The molecule has 34 heavy (non-hydrogen) atoms. The third-order valence-electron chi connectivity index (χ3n) is 5.93. The fourth-order valence-electron chi connectivity index (χ4n) is 4.30. The first-order chi connectivity index (χ1) is 16.5. The fourth-order valence-corrected chi connectivity index (χ4v) is 4.30. The minimum atomic E-state index is -0.544. The Balaban J connectivity index is 1.88. The molecule has 0 saturated heterocycles. The summed E-state index contributed by atoms with van der Waals surface area (Å²) in [7, 11) is 3.96. The molecule has 0 spiro atoms. The van der Waals surface area contributed by atoms with Crippen LogP contribution in [0.1, 0.15) is 24.0 Å². The number of hydrogen-bond acceptors (Lipinski definition) is 6. The summed E-state index contributed by atoms with van der Waals surface area (Å²) in [6.45, 7) is 2.55. The van der Waals surface area contributed by atoms with Crippen LogP contribution < -0.4 is 11.1 Å². The van der Waals surface area contributed by atoms with Gasteiger partial charge in [-0.2, -0.15) is 5.10 Å². The van der Waals surface area contributed by atoms with Crippen molar-refractivity contribution < 1.29 is 9.52 Å². The molecule has 0 saturated carbocycles. The van der Waals surface area contributed by atoms with Crippen LogP contribution in [0, 0.1) is 5.92 Å². The SMILES string of the molecule is C/C(=N/Nc1ccccc1)[C@@H](CN(C)C)[C@@H](c1ccccc1)c1c(O)c2ccccc2oc1=O. The van der Waals surface area contributed by atoms with Gasteiger partial charge in [0.1, 0.15) is 11.3 Å². The second-order valence-electron chi connectivity index (χ2n) is 8.64. The summed E-state index contributed by atoms with van der Waals surface area (Å²) in [4.78, 5) is 15.3. The normalized spacial score (nSPS) is 13.7. The quantitative estimate of drug-likeness (QED) is 0.214. The molecule has 2 N–H and O–H groups in total. The lowest BCUT2D eigenvalue weighted by atomic mass is 9.78. The molecule has 1 heterocycles.